The Bertz CT molecular complexity index is 563. The second-order valence-corrected chi connectivity index (χ2v) is 6.29. The van der Waals surface area contributed by atoms with Gasteiger partial charge in [-0.05, 0) is 36.8 Å². The molecule has 2 amide bonds. The molecular formula is C17H23F3N2O2. The normalized spacial score (nSPS) is 19.9. The van der Waals surface area contributed by atoms with Gasteiger partial charge in [-0.25, -0.2) is 4.79 Å². The molecule has 0 spiro atoms. The highest BCUT2D eigenvalue weighted by Gasteiger charge is 2.30. The van der Waals surface area contributed by atoms with Crippen LogP contribution in [0.5, 0.6) is 0 Å². The van der Waals surface area contributed by atoms with Crippen LogP contribution in [-0.4, -0.2) is 41.8 Å². The van der Waals surface area contributed by atoms with Crippen LogP contribution in [0.15, 0.2) is 24.3 Å². The number of benzene rings is 1. The first-order valence-corrected chi connectivity index (χ1v) is 8.15. The summed E-state index contributed by atoms with van der Waals surface area (Å²) in [6.45, 7) is 3.16. The predicted molar refractivity (Wildman–Crippen MR) is 84.7 cm³/mol. The van der Waals surface area contributed by atoms with Crippen LogP contribution in [0.2, 0.25) is 0 Å². The van der Waals surface area contributed by atoms with Crippen LogP contribution in [0.4, 0.5) is 18.0 Å². The Morgan fingerprint density at radius 1 is 1.46 bits per heavy atom. The molecule has 4 nitrogen and oxygen atoms in total. The lowest BCUT2D eigenvalue weighted by Gasteiger charge is -2.30. The molecule has 0 bridgehead atoms. The van der Waals surface area contributed by atoms with Gasteiger partial charge in [-0.1, -0.05) is 25.1 Å². The zero-order chi connectivity index (χ0) is 17.7. The third-order valence-electron chi connectivity index (χ3n) is 4.32. The number of hydrogen-bond donors (Lipinski definition) is 2. The van der Waals surface area contributed by atoms with Gasteiger partial charge in [-0.2, -0.15) is 13.2 Å². The molecule has 1 aliphatic rings. The van der Waals surface area contributed by atoms with Crippen molar-refractivity contribution in [2.75, 3.05) is 19.6 Å². The number of aliphatic hydroxyl groups excluding tert-OH is 1. The fraction of sp³-hybridized carbons (Fsp3) is 0.588. The molecule has 0 saturated carbocycles. The Morgan fingerprint density at radius 3 is 2.88 bits per heavy atom. The number of carbonyl (C=O) groups is 1. The van der Waals surface area contributed by atoms with E-state index in [1.165, 1.54) is 6.07 Å². The zero-order valence-electron chi connectivity index (χ0n) is 13.6. The summed E-state index contributed by atoms with van der Waals surface area (Å²) in [7, 11) is 0. The molecule has 0 radical (unpaired) electrons. The summed E-state index contributed by atoms with van der Waals surface area (Å²) in [5.74, 6) is -0.0976. The SMILES string of the molecule is CC(CCNC(=O)N1CCCC(O)C1)c1cccc(C(F)(F)F)c1. The first kappa shape index (κ1) is 18.6. The van der Waals surface area contributed by atoms with E-state index in [0.29, 0.717) is 38.0 Å². The number of halogens is 3. The zero-order valence-corrected chi connectivity index (χ0v) is 13.6. The molecule has 1 heterocycles. The number of nitrogens with zero attached hydrogens (tertiary/aromatic N) is 1. The van der Waals surface area contributed by atoms with Crippen LogP contribution in [0.1, 0.15) is 43.2 Å². The number of nitrogens with one attached hydrogen (secondary N) is 1. The standard InChI is InChI=1S/C17H23F3N2O2/c1-12(13-4-2-5-14(10-13)17(18,19)20)7-8-21-16(24)22-9-3-6-15(23)11-22/h2,4-5,10,12,15,23H,3,6-9,11H2,1H3,(H,21,24). The minimum atomic E-state index is -4.35. The summed E-state index contributed by atoms with van der Waals surface area (Å²) in [6, 6.07) is 5.06. The van der Waals surface area contributed by atoms with Gasteiger partial charge >= 0.3 is 12.2 Å². The van der Waals surface area contributed by atoms with Crippen LogP contribution in [0.3, 0.4) is 0 Å². The van der Waals surface area contributed by atoms with E-state index in [9.17, 15) is 23.1 Å². The molecule has 1 fully saturated rings. The van der Waals surface area contributed by atoms with Crippen molar-refractivity contribution in [1.29, 1.82) is 0 Å². The highest BCUT2D eigenvalue weighted by atomic mass is 19.4. The van der Waals surface area contributed by atoms with Crippen LogP contribution >= 0.6 is 0 Å². The fourth-order valence-corrected chi connectivity index (χ4v) is 2.83. The van der Waals surface area contributed by atoms with E-state index in [0.717, 1.165) is 18.6 Å². The van der Waals surface area contributed by atoms with Crippen LogP contribution in [0, 0.1) is 0 Å². The third kappa shape index (κ3) is 5.12. The van der Waals surface area contributed by atoms with E-state index >= 15 is 0 Å². The maximum Gasteiger partial charge on any atom is 0.416 e. The van der Waals surface area contributed by atoms with Gasteiger partial charge < -0.3 is 15.3 Å². The van der Waals surface area contributed by atoms with Gasteiger partial charge in [-0.15, -0.1) is 0 Å². The van der Waals surface area contributed by atoms with Gasteiger partial charge in [0.1, 0.15) is 0 Å². The predicted octanol–water partition coefficient (Wildman–Crippen LogP) is 3.37. The maximum atomic E-state index is 12.7. The Balaban J connectivity index is 1.83. The molecule has 2 rings (SSSR count). The largest absolute Gasteiger partial charge is 0.416 e. The monoisotopic (exact) mass is 344 g/mol. The molecule has 134 valence electrons. The number of aliphatic hydroxyl groups is 1. The topological polar surface area (TPSA) is 52.6 Å². The smallest absolute Gasteiger partial charge is 0.391 e. The molecule has 2 N–H and O–H groups in total. The molecule has 2 unspecified atom stereocenters. The number of urea groups is 1. The summed E-state index contributed by atoms with van der Waals surface area (Å²) in [6.07, 6.45) is -2.80. The Labute approximate surface area is 139 Å². The first-order valence-electron chi connectivity index (χ1n) is 8.15. The number of likely N-dealkylation sites (tertiary alicyclic amines) is 1. The van der Waals surface area contributed by atoms with E-state index < -0.39 is 17.8 Å². The molecule has 24 heavy (non-hydrogen) atoms. The van der Waals surface area contributed by atoms with Gasteiger partial charge in [-0.3, -0.25) is 0 Å². The van der Waals surface area contributed by atoms with E-state index in [-0.39, 0.29) is 11.9 Å². The lowest BCUT2D eigenvalue weighted by atomic mass is 9.96. The van der Waals surface area contributed by atoms with Gasteiger partial charge in [0.25, 0.3) is 0 Å². The van der Waals surface area contributed by atoms with Crippen molar-refractivity contribution >= 4 is 6.03 Å². The van der Waals surface area contributed by atoms with Crippen molar-refractivity contribution in [3.05, 3.63) is 35.4 Å². The number of hydrogen-bond acceptors (Lipinski definition) is 2. The number of carbonyl (C=O) groups excluding carboxylic acids is 1. The molecule has 1 aromatic carbocycles. The van der Waals surface area contributed by atoms with Crippen molar-refractivity contribution in [3.8, 4) is 0 Å². The molecule has 1 saturated heterocycles. The van der Waals surface area contributed by atoms with E-state index in [1.807, 2.05) is 6.92 Å². The average molecular weight is 344 g/mol. The minimum absolute atomic E-state index is 0.0976. The molecule has 0 aromatic heterocycles. The number of rotatable bonds is 4. The molecule has 1 aromatic rings. The van der Waals surface area contributed by atoms with Crippen molar-refractivity contribution in [1.82, 2.24) is 10.2 Å². The lowest BCUT2D eigenvalue weighted by Crippen LogP contribution is -2.47. The van der Waals surface area contributed by atoms with Crippen LogP contribution < -0.4 is 5.32 Å². The number of amides is 2. The summed E-state index contributed by atoms with van der Waals surface area (Å²) < 4.78 is 38.2. The summed E-state index contributed by atoms with van der Waals surface area (Å²) in [5.41, 5.74) is -0.0503. The number of alkyl halides is 3. The minimum Gasteiger partial charge on any atom is -0.391 e. The molecule has 7 heteroatoms. The average Bonchev–Trinajstić information content (AvgIpc) is 2.54. The molecule has 0 aliphatic carbocycles. The lowest BCUT2D eigenvalue weighted by molar-refractivity contribution is -0.137. The summed E-state index contributed by atoms with van der Waals surface area (Å²) >= 11 is 0. The van der Waals surface area contributed by atoms with Crippen molar-refractivity contribution in [3.63, 3.8) is 0 Å². The van der Waals surface area contributed by atoms with E-state index in [2.05, 4.69) is 5.32 Å². The quantitative estimate of drug-likeness (QED) is 0.880. The molecule has 2 atom stereocenters. The Kier molecular flexibility index (Phi) is 6.10. The molecular weight excluding hydrogens is 321 g/mol. The van der Waals surface area contributed by atoms with Crippen molar-refractivity contribution in [2.45, 2.75) is 44.4 Å². The number of piperidine rings is 1. The van der Waals surface area contributed by atoms with Gasteiger partial charge in [0.2, 0.25) is 0 Å². The fourth-order valence-electron chi connectivity index (χ4n) is 2.83. The van der Waals surface area contributed by atoms with Crippen LogP contribution in [0.25, 0.3) is 0 Å². The van der Waals surface area contributed by atoms with Gasteiger partial charge in [0.05, 0.1) is 11.7 Å². The van der Waals surface area contributed by atoms with Crippen molar-refractivity contribution < 1.29 is 23.1 Å². The van der Waals surface area contributed by atoms with E-state index in [1.54, 1.807) is 11.0 Å². The Morgan fingerprint density at radius 2 is 2.21 bits per heavy atom. The van der Waals surface area contributed by atoms with Crippen LogP contribution in [-0.2, 0) is 6.18 Å². The summed E-state index contributed by atoms with van der Waals surface area (Å²) in [5, 5.41) is 12.3. The maximum absolute atomic E-state index is 12.7. The van der Waals surface area contributed by atoms with Gasteiger partial charge in [0.15, 0.2) is 0 Å². The third-order valence-corrected chi connectivity index (χ3v) is 4.32. The highest BCUT2D eigenvalue weighted by Crippen LogP contribution is 2.31. The highest BCUT2D eigenvalue weighted by molar-refractivity contribution is 5.74. The molecule has 1 aliphatic heterocycles. The summed E-state index contributed by atoms with van der Waals surface area (Å²) in [4.78, 5) is 13.6. The first-order chi connectivity index (χ1) is 11.3. The second-order valence-electron chi connectivity index (χ2n) is 6.29. The van der Waals surface area contributed by atoms with Crippen molar-refractivity contribution in [2.24, 2.45) is 0 Å². The number of β-amino-alcohol motifs (C(OH)–C–C–N with tert-alkyl or cyclic N) is 1. The van der Waals surface area contributed by atoms with E-state index in [4.69, 9.17) is 0 Å². The second kappa shape index (κ2) is 7.88. The van der Waals surface area contributed by atoms with Gasteiger partial charge in [0, 0.05) is 19.6 Å². The Hall–Kier alpha value is -1.76.